The largest absolute Gasteiger partial charge is 0.454 e. The summed E-state index contributed by atoms with van der Waals surface area (Å²) in [5.74, 6) is 1.11. The molecule has 0 spiro atoms. The number of hydrogen-bond acceptors (Lipinski definition) is 8. The summed E-state index contributed by atoms with van der Waals surface area (Å²) in [6.45, 7) is 0.162. The molecule has 1 aliphatic heterocycles. The van der Waals surface area contributed by atoms with E-state index in [4.69, 9.17) is 9.47 Å². The van der Waals surface area contributed by atoms with E-state index in [0.29, 0.717) is 38.2 Å². The molecule has 0 saturated carbocycles. The van der Waals surface area contributed by atoms with Crippen molar-refractivity contribution in [2.24, 2.45) is 0 Å². The molecule has 7 nitrogen and oxygen atoms in total. The number of fused-ring (bicyclic) bond motifs is 3. The molecule has 0 unspecified atom stereocenters. The van der Waals surface area contributed by atoms with Gasteiger partial charge in [0.25, 0.3) is 0 Å². The number of anilines is 1. The number of nitrogens with zero attached hydrogens (tertiary/aromatic N) is 3. The average Bonchev–Trinajstić information content (AvgIpc) is 3.38. The number of benzene rings is 1. The molecule has 0 atom stereocenters. The van der Waals surface area contributed by atoms with Crippen LogP contribution in [0.15, 0.2) is 23.2 Å². The molecule has 2 aliphatic rings. The van der Waals surface area contributed by atoms with Crippen LogP contribution in [0.5, 0.6) is 11.5 Å². The summed E-state index contributed by atoms with van der Waals surface area (Å²) in [7, 11) is 0. The minimum atomic E-state index is -0.225. The molecule has 31 heavy (non-hydrogen) atoms. The molecule has 1 N–H and O–H groups in total. The smallest absolute Gasteiger partial charge is 0.235 e. The molecule has 9 heteroatoms. The molecule has 1 aliphatic carbocycles. The van der Waals surface area contributed by atoms with Crippen molar-refractivity contribution >= 4 is 44.9 Å². The number of pyridine rings is 1. The summed E-state index contributed by atoms with van der Waals surface area (Å²) in [4.78, 5) is 18.4. The summed E-state index contributed by atoms with van der Waals surface area (Å²) in [6.07, 6.45) is 4.05. The summed E-state index contributed by atoms with van der Waals surface area (Å²) in [5, 5.41) is 23.9. The fraction of sp³-hybridized carbons (Fsp3) is 0.273. The number of aryl methyl sites for hydroxylation is 1. The van der Waals surface area contributed by atoms with Gasteiger partial charge in [0.15, 0.2) is 11.5 Å². The Morgan fingerprint density at radius 3 is 2.77 bits per heavy atom. The molecule has 1 amide bonds. The standard InChI is InChI=1S/C22H16N4O3S2/c23-8-13-5-12-6-17-18(29-11-28-17)7-16(12)25-21(13)30-10-20(27)26-22-15(9-24)14-3-1-2-4-19(14)31-22/h5-7H,1-4,10-11H2,(H,26,27). The molecule has 3 aromatic rings. The van der Waals surface area contributed by atoms with Gasteiger partial charge in [-0.3, -0.25) is 4.79 Å². The number of aromatic nitrogens is 1. The second kappa shape index (κ2) is 8.10. The van der Waals surface area contributed by atoms with Crippen LogP contribution in [0.25, 0.3) is 10.9 Å². The van der Waals surface area contributed by atoms with Crippen molar-refractivity contribution in [1.29, 1.82) is 10.5 Å². The van der Waals surface area contributed by atoms with Gasteiger partial charge in [0.2, 0.25) is 12.7 Å². The first kappa shape index (κ1) is 19.7. The number of nitriles is 2. The molecule has 2 aromatic heterocycles. The van der Waals surface area contributed by atoms with Gasteiger partial charge in [0.05, 0.1) is 22.4 Å². The Morgan fingerprint density at radius 1 is 1.16 bits per heavy atom. The van der Waals surface area contributed by atoms with Gasteiger partial charge in [-0.15, -0.1) is 11.3 Å². The van der Waals surface area contributed by atoms with Crippen LogP contribution in [0.1, 0.15) is 34.4 Å². The second-order valence-corrected chi connectivity index (χ2v) is 9.28. The Balaban J connectivity index is 1.34. The van der Waals surface area contributed by atoms with Gasteiger partial charge in [0, 0.05) is 16.3 Å². The minimum Gasteiger partial charge on any atom is -0.454 e. The Labute approximate surface area is 186 Å². The number of carbonyl (C=O) groups excluding carboxylic acids is 1. The van der Waals surface area contributed by atoms with Crippen LogP contribution in [-0.4, -0.2) is 23.4 Å². The molecule has 0 saturated heterocycles. The molecule has 1 aromatic carbocycles. The highest BCUT2D eigenvalue weighted by molar-refractivity contribution is 8.00. The van der Waals surface area contributed by atoms with Crippen LogP contribution in [0, 0.1) is 22.7 Å². The van der Waals surface area contributed by atoms with Crippen molar-refractivity contribution in [3.05, 3.63) is 39.8 Å². The number of carbonyl (C=O) groups is 1. The van der Waals surface area contributed by atoms with Gasteiger partial charge in [-0.1, -0.05) is 11.8 Å². The third-order valence-electron chi connectivity index (χ3n) is 5.27. The van der Waals surface area contributed by atoms with Crippen molar-refractivity contribution in [2.45, 2.75) is 30.7 Å². The fourth-order valence-electron chi connectivity index (χ4n) is 3.81. The number of nitrogens with one attached hydrogen (secondary N) is 1. The highest BCUT2D eigenvalue weighted by atomic mass is 32.2. The van der Waals surface area contributed by atoms with Crippen molar-refractivity contribution in [2.75, 3.05) is 17.9 Å². The van der Waals surface area contributed by atoms with Gasteiger partial charge in [-0.2, -0.15) is 10.5 Å². The Bertz CT molecular complexity index is 1300. The van der Waals surface area contributed by atoms with Crippen LogP contribution >= 0.6 is 23.1 Å². The van der Waals surface area contributed by atoms with Crippen LogP contribution in [0.4, 0.5) is 5.00 Å². The number of thiophene rings is 1. The molecule has 0 bridgehead atoms. The lowest BCUT2D eigenvalue weighted by Gasteiger charge is -2.09. The van der Waals surface area contributed by atoms with E-state index in [9.17, 15) is 15.3 Å². The monoisotopic (exact) mass is 448 g/mol. The van der Waals surface area contributed by atoms with E-state index in [-0.39, 0.29) is 18.5 Å². The number of thioether (sulfide) groups is 1. The zero-order valence-corrected chi connectivity index (χ0v) is 18.0. The number of rotatable bonds is 4. The van der Waals surface area contributed by atoms with E-state index >= 15 is 0 Å². The van der Waals surface area contributed by atoms with Crippen molar-refractivity contribution < 1.29 is 14.3 Å². The zero-order valence-electron chi connectivity index (χ0n) is 16.4. The summed E-state index contributed by atoms with van der Waals surface area (Å²) >= 11 is 2.70. The van der Waals surface area contributed by atoms with Crippen LogP contribution in [-0.2, 0) is 17.6 Å². The van der Waals surface area contributed by atoms with Gasteiger partial charge >= 0.3 is 0 Å². The zero-order chi connectivity index (χ0) is 21.4. The predicted octanol–water partition coefficient (Wildman–Crippen LogP) is 4.38. The fourth-order valence-corrected chi connectivity index (χ4v) is 5.82. The predicted molar refractivity (Wildman–Crippen MR) is 118 cm³/mol. The van der Waals surface area contributed by atoms with Crippen molar-refractivity contribution in [3.63, 3.8) is 0 Å². The second-order valence-electron chi connectivity index (χ2n) is 7.21. The van der Waals surface area contributed by atoms with Crippen molar-refractivity contribution in [1.82, 2.24) is 4.98 Å². The average molecular weight is 449 g/mol. The van der Waals surface area contributed by atoms with E-state index in [1.165, 1.54) is 28.0 Å². The summed E-state index contributed by atoms with van der Waals surface area (Å²) in [5.41, 5.74) is 2.75. The summed E-state index contributed by atoms with van der Waals surface area (Å²) < 4.78 is 10.8. The molecule has 0 radical (unpaired) electrons. The lowest BCUT2D eigenvalue weighted by molar-refractivity contribution is -0.113. The lowest BCUT2D eigenvalue weighted by Crippen LogP contribution is -2.14. The van der Waals surface area contributed by atoms with E-state index in [0.717, 1.165) is 36.6 Å². The van der Waals surface area contributed by atoms with Crippen LogP contribution in [0.3, 0.4) is 0 Å². The lowest BCUT2D eigenvalue weighted by atomic mass is 9.96. The maximum absolute atomic E-state index is 12.6. The van der Waals surface area contributed by atoms with Gasteiger partial charge in [-0.05, 0) is 43.4 Å². The normalized spacial score (nSPS) is 14.0. The Hall–Kier alpha value is -3.27. The highest BCUT2D eigenvalue weighted by Crippen LogP contribution is 2.38. The summed E-state index contributed by atoms with van der Waals surface area (Å²) in [6, 6.07) is 9.72. The maximum atomic E-state index is 12.6. The van der Waals surface area contributed by atoms with Crippen LogP contribution in [0.2, 0.25) is 0 Å². The van der Waals surface area contributed by atoms with Gasteiger partial charge in [-0.25, -0.2) is 4.98 Å². The van der Waals surface area contributed by atoms with Gasteiger partial charge in [0.1, 0.15) is 22.2 Å². The molecular formula is C22H16N4O3S2. The van der Waals surface area contributed by atoms with E-state index in [1.54, 1.807) is 18.2 Å². The topological polar surface area (TPSA) is 108 Å². The molecular weight excluding hydrogens is 432 g/mol. The minimum absolute atomic E-state index is 0.0885. The highest BCUT2D eigenvalue weighted by Gasteiger charge is 2.22. The van der Waals surface area contributed by atoms with Gasteiger partial charge < -0.3 is 14.8 Å². The third kappa shape index (κ3) is 3.67. The number of ether oxygens (including phenoxy) is 2. The third-order valence-corrected chi connectivity index (χ3v) is 7.47. The molecule has 0 fully saturated rings. The SMILES string of the molecule is N#Cc1cc2cc3c(cc2nc1SCC(=O)Nc1sc2c(c1C#N)CCCC2)OCO3. The first-order chi connectivity index (χ1) is 15.2. The van der Waals surface area contributed by atoms with Crippen LogP contribution < -0.4 is 14.8 Å². The Morgan fingerprint density at radius 2 is 1.97 bits per heavy atom. The molecule has 5 rings (SSSR count). The first-order valence-electron chi connectivity index (χ1n) is 9.78. The van der Waals surface area contributed by atoms with Crippen molar-refractivity contribution in [3.8, 4) is 23.6 Å². The number of amides is 1. The maximum Gasteiger partial charge on any atom is 0.235 e. The Kier molecular flexibility index (Phi) is 5.14. The molecule has 154 valence electrons. The van der Waals surface area contributed by atoms with E-state index in [2.05, 4.69) is 22.4 Å². The first-order valence-corrected chi connectivity index (χ1v) is 11.6. The number of hydrogen-bond donors (Lipinski definition) is 1. The quantitative estimate of drug-likeness (QED) is 0.590. The molecule has 3 heterocycles. The van der Waals surface area contributed by atoms with E-state index in [1.807, 2.05) is 0 Å². The van der Waals surface area contributed by atoms with E-state index < -0.39 is 0 Å².